The minimum absolute atomic E-state index is 0.114. The van der Waals surface area contributed by atoms with Gasteiger partial charge in [-0.25, -0.2) is 0 Å². The molecule has 0 rings (SSSR count). The third kappa shape index (κ3) is 9.21. The summed E-state index contributed by atoms with van der Waals surface area (Å²) in [5.41, 5.74) is 0. The second-order valence-corrected chi connectivity index (χ2v) is 25.0. The lowest BCUT2D eigenvalue weighted by molar-refractivity contribution is -0.204. The number of amides is 4. The molecule has 22 heteroatoms. The molecular formula is C18H27F12N3O4Si3. The van der Waals surface area contributed by atoms with Gasteiger partial charge < -0.3 is 8.46 Å². The van der Waals surface area contributed by atoms with E-state index in [0.717, 1.165) is 45.8 Å². The van der Waals surface area contributed by atoms with Crippen LogP contribution in [-0.2, 0) is 19.2 Å². The minimum atomic E-state index is -6.01. The maximum atomic E-state index is 13.7. The van der Waals surface area contributed by atoms with Crippen LogP contribution in [0.15, 0.2) is 0 Å². The van der Waals surface area contributed by atoms with Crippen LogP contribution in [0.25, 0.3) is 0 Å². The number of rotatable bonds is 8. The topological polar surface area (TPSA) is 78.0 Å². The lowest BCUT2D eigenvalue weighted by Crippen LogP contribution is -2.79. The number of carbonyl (C=O) groups is 4. The van der Waals surface area contributed by atoms with Crippen molar-refractivity contribution in [1.82, 2.24) is 13.4 Å². The van der Waals surface area contributed by atoms with Crippen LogP contribution in [0.3, 0.4) is 0 Å². The van der Waals surface area contributed by atoms with Crippen molar-refractivity contribution < 1.29 is 71.9 Å². The first kappa shape index (κ1) is 37.9. The Morgan fingerprint density at radius 3 is 0.950 bits per heavy atom. The molecule has 0 unspecified atom stereocenters. The molecule has 0 aromatic heterocycles. The van der Waals surface area contributed by atoms with Crippen molar-refractivity contribution in [3.63, 3.8) is 0 Å². The summed E-state index contributed by atoms with van der Waals surface area (Å²) in [7, 11) is -12.5. The van der Waals surface area contributed by atoms with Crippen LogP contribution in [0.5, 0.6) is 0 Å². The van der Waals surface area contributed by atoms with E-state index < -0.39 is 97.1 Å². The molecule has 40 heavy (non-hydrogen) atoms. The molecular weight excluding hydrogens is 634 g/mol. The number of hydrogen-bond acceptors (Lipinski definition) is 4. The van der Waals surface area contributed by atoms with E-state index in [-0.39, 0.29) is 8.46 Å². The minimum Gasteiger partial charge on any atom is -0.372 e. The van der Waals surface area contributed by atoms with Crippen molar-refractivity contribution in [2.24, 2.45) is 0 Å². The van der Waals surface area contributed by atoms with Crippen molar-refractivity contribution in [1.29, 1.82) is 0 Å². The maximum absolute atomic E-state index is 13.7. The molecule has 0 aliphatic rings. The second kappa shape index (κ2) is 11.6. The molecule has 0 bridgehead atoms. The Labute approximate surface area is 223 Å². The summed E-state index contributed by atoms with van der Waals surface area (Å²) in [6.07, 6.45) is -24.6. The largest absolute Gasteiger partial charge is 0.471 e. The van der Waals surface area contributed by atoms with Crippen LogP contribution in [0.1, 0.15) is 6.42 Å². The van der Waals surface area contributed by atoms with E-state index in [9.17, 15) is 71.9 Å². The van der Waals surface area contributed by atoms with Crippen LogP contribution in [-0.4, -0.2) is 93.1 Å². The average molecular weight is 662 g/mol. The van der Waals surface area contributed by atoms with Gasteiger partial charge in [0.1, 0.15) is 16.5 Å². The number of carbonyl (C=O) groups excluding carboxylic acids is 4. The van der Waals surface area contributed by atoms with Gasteiger partial charge in [0.05, 0.1) is 0 Å². The van der Waals surface area contributed by atoms with Crippen LogP contribution in [0, 0.1) is 0 Å². The summed E-state index contributed by atoms with van der Waals surface area (Å²) in [5, 5.41) is 0. The van der Waals surface area contributed by atoms with Gasteiger partial charge in [0.15, 0.2) is 0 Å². The van der Waals surface area contributed by atoms with Gasteiger partial charge in [-0.05, 0) is 19.0 Å². The second-order valence-electron chi connectivity index (χ2n) is 10.7. The van der Waals surface area contributed by atoms with Gasteiger partial charge in [-0.3, -0.25) is 24.1 Å². The fourth-order valence-corrected chi connectivity index (χ4v) is 21.5. The van der Waals surface area contributed by atoms with E-state index in [1.165, 1.54) is 0 Å². The van der Waals surface area contributed by atoms with Gasteiger partial charge in [0, 0.05) is 6.54 Å². The Bertz CT molecular complexity index is 913. The molecule has 0 N–H and O–H groups in total. The summed E-state index contributed by atoms with van der Waals surface area (Å²) in [5.74, 6) is -11.8. The van der Waals surface area contributed by atoms with Crippen molar-refractivity contribution in [2.45, 2.75) is 83.0 Å². The third-order valence-corrected chi connectivity index (χ3v) is 18.8. The maximum Gasteiger partial charge on any atom is 0.471 e. The zero-order chi connectivity index (χ0) is 32.7. The molecule has 0 spiro atoms. The average Bonchev–Trinajstić information content (AvgIpc) is 2.65. The molecule has 0 heterocycles. The number of imide groups is 1. The predicted octanol–water partition coefficient (Wildman–Crippen LogP) is 5.38. The van der Waals surface area contributed by atoms with Crippen LogP contribution >= 0.6 is 0 Å². The van der Waals surface area contributed by atoms with Crippen LogP contribution in [0.2, 0.25) is 51.9 Å². The summed E-state index contributed by atoms with van der Waals surface area (Å²) >= 11 is 0. The molecule has 7 nitrogen and oxygen atoms in total. The van der Waals surface area contributed by atoms with Gasteiger partial charge in [0.2, 0.25) is 8.40 Å². The summed E-state index contributed by atoms with van der Waals surface area (Å²) in [6.45, 7) is 5.63. The standard InChI is InChI=1S/C18H27F12N3O4Si3/c1-38(2,3)32(13(36)17(25,26)27)40(7,33(39(4,5)6)14(37)18(28,29)30)10-8-9-31(11(34)15(19,20)21)12(35)16(22,23)24/h8-10H2,1-7H3. The molecule has 0 aliphatic carbocycles. The quantitative estimate of drug-likeness (QED) is 0.259. The Morgan fingerprint density at radius 2 is 0.750 bits per heavy atom. The molecule has 0 radical (unpaired) electrons. The number of halogens is 12. The molecule has 0 atom stereocenters. The summed E-state index contributed by atoms with van der Waals surface area (Å²) in [4.78, 5) is 47.0. The molecule has 0 fully saturated rings. The number of nitrogens with zero attached hydrogens (tertiary/aromatic N) is 3. The molecule has 0 aromatic carbocycles. The van der Waals surface area contributed by atoms with Crippen molar-refractivity contribution in [3.05, 3.63) is 0 Å². The lowest BCUT2D eigenvalue weighted by Gasteiger charge is -2.56. The SMILES string of the molecule is C[Si](C)(C)N(C(=O)C(F)(F)F)[Si](C)(CCCN(C(=O)C(F)(F)F)C(=O)C(F)(F)F)N(C(=O)C(F)(F)F)[Si](C)(C)C. The van der Waals surface area contributed by atoms with Gasteiger partial charge in [-0.2, -0.15) is 52.7 Å². The van der Waals surface area contributed by atoms with E-state index in [4.69, 9.17) is 0 Å². The van der Waals surface area contributed by atoms with E-state index in [1.807, 2.05) is 0 Å². The smallest absolute Gasteiger partial charge is 0.372 e. The van der Waals surface area contributed by atoms with Crippen LogP contribution in [0.4, 0.5) is 52.7 Å². The van der Waals surface area contributed by atoms with E-state index in [0.29, 0.717) is 0 Å². The molecule has 0 aliphatic heterocycles. The van der Waals surface area contributed by atoms with Crippen molar-refractivity contribution in [3.8, 4) is 0 Å². The van der Waals surface area contributed by atoms with Gasteiger partial charge >= 0.3 is 48.3 Å². The number of alkyl halides is 12. The third-order valence-electron chi connectivity index (χ3n) is 5.20. The Morgan fingerprint density at radius 1 is 0.500 bits per heavy atom. The van der Waals surface area contributed by atoms with Gasteiger partial charge in [0.25, 0.3) is 0 Å². The zero-order valence-electron chi connectivity index (χ0n) is 22.1. The predicted molar refractivity (Wildman–Crippen MR) is 122 cm³/mol. The zero-order valence-corrected chi connectivity index (χ0v) is 25.1. The monoisotopic (exact) mass is 661 g/mol. The highest BCUT2D eigenvalue weighted by atomic mass is 28.4. The fourth-order valence-electron chi connectivity index (χ4n) is 4.24. The molecule has 0 saturated heterocycles. The highest BCUT2D eigenvalue weighted by Crippen LogP contribution is 2.38. The van der Waals surface area contributed by atoms with E-state index in [1.54, 1.807) is 0 Å². The molecule has 0 saturated carbocycles. The van der Waals surface area contributed by atoms with Gasteiger partial charge in [-0.15, -0.1) is 0 Å². The van der Waals surface area contributed by atoms with Crippen LogP contribution < -0.4 is 0 Å². The number of hydrogen-bond donors (Lipinski definition) is 0. The Kier molecular flexibility index (Phi) is 11.0. The highest BCUT2D eigenvalue weighted by Gasteiger charge is 2.62. The normalized spacial score (nSPS) is 14.1. The first-order valence-corrected chi connectivity index (χ1v) is 20.5. The summed E-state index contributed by atoms with van der Waals surface area (Å²) in [6, 6.07) is -1.14. The molecule has 4 amide bonds. The molecule has 0 aromatic rings. The van der Waals surface area contributed by atoms with E-state index >= 15 is 0 Å². The van der Waals surface area contributed by atoms with Crippen molar-refractivity contribution >= 4 is 48.5 Å². The van der Waals surface area contributed by atoms with E-state index in [2.05, 4.69) is 0 Å². The Balaban J connectivity index is 7.21. The van der Waals surface area contributed by atoms with Gasteiger partial charge in [-0.1, -0.05) is 39.3 Å². The fraction of sp³-hybridized carbons (Fsp3) is 0.778. The lowest BCUT2D eigenvalue weighted by atomic mass is 10.3. The molecule has 234 valence electrons. The first-order valence-electron chi connectivity index (χ1n) is 11.0. The summed E-state index contributed by atoms with van der Waals surface area (Å²) < 4.78 is 160. The Hall–Kier alpha value is -2.11. The van der Waals surface area contributed by atoms with Crippen molar-refractivity contribution in [2.75, 3.05) is 6.54 Å². The highest BCUT2D eigenvalue weighted by molar-refractivity contribution is 6.99. The first-order chi connectivity index (χ1) is 17.2.